The van der Waals surface area contributed by atoms with Crippen LogP contribution < -0.4 is 5.32 Å². The second-order valence-corrected chi connectivity index (χ2v) is 4.75. The van der Waals surface area contributed by atoms with Crippen molar-refractivity contribution in [1.82, 2.24) is 0 Å². The summed E-state index contributed by atoms with van der Waals surface area (Å²) < 4.78 is 6.31. The molecule has 0 fully saturated rings. The minimum Gasteiger partial charge on any atom is -0.389 e. The summed E-state index contributed by atoms with van der Waals surface area (Å²) in [6.07, 6.45) is -0.340. The fourth-order valence-corrected chi connectivity index (χ4v) is 1.62. The van der Waals surface area contributed by atoms with Crippen LogP contribution in [0.4, 0.5) is 5.69 Å². The van der Waals surface area contributed by atoms with Gasteiger partial charge in [-0.1, -0.05) is 12.1 Å². The van der Waals surface area contributed by atoms with Crippen molar-refractivity contribution >= 4 is 21.6 Å². The summed E-state index contributed by atoms with van der Waals surface area (Å²) in [5, 5.41) is 12.8. The number of benzene rings is 1. The van der Waals surface area contributed by atoms with E-state index < -0.39 is 6.10 Å². The molecule has 1 rings (SSSR count). The summed E-state index contributed by atoms with van der Waals surface area (Å²) in [5.41, 5.74) is 0.978. The van der Waals surface area contributed by atoms with E-state index in [4.69, 9.17) is 4.74 Å². The lowest BCUT2D eigenvalue weighted by Crippen LogP contribution is -2.26. The van der Waals surface area contributed by atoms with Gasteiger partial charge in [0.15, 0.2) is 0 Å². The van der Waals surface area contributed by atoms with Crippen LogP contribution in [0.25, 0.3) is 0 Å². The number of nitrogens with one attached hydrogen (secondary N) is 1. The number of anilines is 1. The Labute approximate surface area is 105 Å². The van der Waals surface area contributed by atoms with E-state index in [0.29, 0.717) is 13.2 Å². The first-order valence-electron chi connectivity index (χ1n) is 5.37. The molecule has 1 unspecified atom stereocenters. The van der Waals surface area contributed by atoms with Crippen molar-refractivity contribution in [3.63, 3.8) is 0 Å². The number of ether oxygens (including phenoxy) is 1. The van der Waals surface area contributed by atoms with E-state index in [1.54, 1.807) is 0 Å². The maximum Gasteiger partial charge on any atom is 0.0945 e. The second-order valence-electron chi connectivity index (χ2n) is 3.90. The predicted octanol–water partition coefficient (Wildman–Crippen LogP) is 2.65. The van der Waals surface area contributed by atoms with Crippen molar-refractivity contribution in [3.05, 3.63) is 28.7 Å². The molecule has 0 aliphatic rings. The Kier molecular flexibility index (Phi) is 5.80. The molecule has 0 amide bonds. The molecule has 4 heteroatoms. The number of halogens is 1. The van der Waals surface area contributed by atoms with Gasteiger partial charge in [0.1, 0.15) is 0 Å². The number of para-hydroxylation sites is 1. The van der Waals surface area contributed by atoms with Gasteiger partial charge in [-0.05, 0) is 41.9 Å². The molecule has 0 saturated carbocycles. The molecular weight excluding hydrogens is 270 g/mol. The van der Waals surface area contributed by atoms with E-state index >= 15 is 0 Å². The third-order valence-corrected chi connectivity index (χ3v) is 2.72. The normalized spacial score (nSPS) is 12.8. The Morgan fingerprint density at radius 2 is 2.06 bits per heavy atom. The number of aliphatic hydroxyl groups excluding tert-OH is 1. The van der Waals surface area contributed by atoms with Crippen LogP contribution in [0.1, 0.15) is 13.8 Å². The molecule has 1 aromatic rings. The first kappa shape index (κ1) is 13.5. The zero-order valence-corrected chi connectivity index (χ0v) is 11.2. The van der Waals surface area contributed by atoms with Crippen LogP contribution in [-0.2, 0) is 4.74 Å². The number of hydrogen-bond donors (Lipinski definition) is 2. The van der Waals surface area contributed by atoms with Crippen LogP contribution in [0, 0.1) is 0 Å². The lowest BCUT2D eigenvalue weighted by molar-refractivity contribution is 0.0112. The maximum absolute atomic E-state index is 9.65. The maximum atomic E-state index is 9.65. The molecule has 16 heavy (non-hydrogen) atoms. The van der Waals surface area contributed by atoms with Crippen molar-refractivity contribution in [2.24, 2.45) is 0 Å². The third kappa shape index (κ3) is 4.96. The van der Waals surface area contributed by atoms with Gasteiger partial charge in [-0.2, -0.15) is 0 Å². The van der Waals surface area contributed by atoms with E-state index in [2.05, 4.69) is 21.2 Å². The quantitative estimate of drug-likeness (QED) is 0.845. The van der Waals surface area contributed by atoms with Crippen molar-refractivity contribution < 1.29 is 9.84 Å². The van der Waals surface area contributed by atoms with Crippen molar-refractivity contribution in [3.8, 4) is 0 Å². The van der Waals surface area contributed by atoms with E-state index in [1.807, 2.05) is 38.1 Å². The largest absolute Gasteiger partial charge is 0.389 e. The fraction of sp³-hybridized carbons (Fsp3) is 0.500. The van der Waals surface area contributed by atoms with E-state index in [1.165, 1.54) is 0 Å². The predicted molar refractivity (Wildman–Crippen MR) is 69.7 cm³/mol. The average Bonchev–Trinajstić information content (AvgIpc) is 2.25. The number of rotatable bonds is 6. The summed E-state index contributed by atoms with van der Waals surface area (Å²) in [6, 6.07) is 7.82. The van der Waals surface area contributed by atoms with Crippen molar-refractivity contribution in [2.75, 3.05) is 18.5 Å². The summed E-state index contributed by atoms with van der Waals surface area (Å²) in [7, 11) is 0. The van der Waals surface area contributed by atoms with Crippen molar-refractivity contribution in [1.29, 1.82) is 0 Å². The van der Waals surface area contributed by atoms with Gasteiger partial charge in [0.25, 0.3) is 0 Å². The zero-order chi connectivity index (χ0) is 12.0. The lowest BCUT2D eigenvalue weighted by atomic mass is 10.3. The van der Waals surface area contributed by atoms with Gasteiger partial charge in [0, 0.05) is 16.7 Å². The molecule has 1 atom stereocenters. The summed E-state index contributed by atoms with van der Waals surface area (Å²) in [6.45, 7) is 4.74. The Bertz CT molecular complexity index is 318. The highest BCUT2D eigenvalue weighted by Crippen LogP contribution is 2.20. The highest BCUT2D eigenvalue weighted by Gasteiger charge is 2.06. The highest BCUT2D eigenvalue weighted by atomic mass is 79.9. The van der Waals surface area contributed by atoms with Gasteiger partial charge < -0.3 is 15.2 Å². The van der Waals surface area contributed by atoms with Crippen LogP contribution in [0.5, 0.6) is 0 Å². The second kappa shape index (κ2) is 6.89. The summed E-state index contributed by atoms with van der Waals surface area (Å²) in [5.74, 6) is 0. The average molecular weight is 288 g/mol. The number of hydrogen-bond acceptors (Lipinski definition) is 3. The molecular formula is C12H18BrNO2. The first-order valence-corrected chi connectivity index (χ1v) is 6.17. The van der Waals surface area contributed by atoms with E-state index in [9.17, 15) is 5.11 Å². The minimum atomic E-state index is -0.491. The SMILES string of the molecule is CC(C)OCC(O)CNc1ccccc1Br. The smallest absolute Gasteiger partial charge is 0.0945 e. The molecule has 0 radical (unpaired) electrons. The topological polar surface area (TPSA) is 41.5 Å². The van der Waals surface area contributed by atoms with Crippen molar-refractivity contribution in [2.45, 2.75) is 26.1 Å². The molecule has 3 nitrogen and oxygen atoms in total. The zero-order valence-electron chi connectivity index (χ0n) is 9.61. The van der Waals surface area contributed by atoms with Crippen LogP contribution in [0.2, 0.25) is 0 Å². The molecule has 0 aromatic heterocycles. The van der Waals surface area contributed by atoms with Gasteiger partial charge >= 0.3 is 0 Å². The Morgan fingerprint density at radius 1 is 1.38 bits per heavy atom. The monoisotopic (exact) mass is 287 g/mol. The van der Waals surface area contributed by atoms with Crippen LogP contribution in [0.15, 0.2) is 28.7 Å². The van der Waals surface area contributed by atoms with Crippen LogP contribution in [0.3, 0.4) is 0 Å². The molecule has 2 N–H and O–H groups in total. The van der Waals surface area contributed by atoms with Crippen LogP contribution in [-0.4, -0.2) is 30.5 Å². The Morgan fingerprint density at radius 3 is 2.69 bits per heavy atom. The number of aliphatic hydroxyl groups is 1. The molecule has 0 heterocycles. The summed E-state index contributed by atoms with van der Waals surface area (Å²) >= 11 is 3.43. The standard InChI is InChI=1S/C12H18BrNO2/c1-9(2)16-8-10(15)7-14-12-6-4-3-5-11(12)13/h3-6,9-10,14-15H,7-8H2,1-2H3. The third-order valence-electron chi connectivity index (χ3n) is 2.02. The van der Waals surface area contributed by atoms with Gasteiger partial charge in [0.2, 0.25) is 0 Å². The van der Waals surface area contributed by atoms with Crippen LogP contribution >= 0.6 is 15.9 Å². The van der Waals surface area contributed by atoms with E-state index in [0.717, 1.165) is 10.2 Å². The van der Waals surface area contributed by atoms with Gasteiger partial charge in [0.05, 0.1) is 18.8 Å². The molecule has 0 spiro atoms. The molecule has 0 aliphatic carbocycles. The minimum absolute atomic E-state index is 0.151. The highest BCUT2D eigenvalue weighted by molar-refractivity contribution is 9.10. The molecule has 0 aliphatic heterocycles. The van der Waals surface area contributed by atoms with Gasteiger partial charge in [-0.15, -0.1) is 0 Å². The Balaban J connectivity index is 2.31. The molecule has 90 valence electrons. The molecule has 0 saturated heterocycles. The Hall–Kier alpha value is -0.580. The molecule has 1 aromatic carbocycles. The summed E-state index contributed by atoms with van der Waals surface area (Å²) in [4.78, 5) is 0. The first-order chi connectivity index (χ1) is 7.59. The fourth-order valence-electron chi connectivity index (χ4n) is 1.19. The van der Waals surface area contributed by atoms with Gasteiger partial charge in [-0.25, -0.2) is 0 Å². The molecule has 0 bridgehead atoms. The van der Waals surface area contributed by atoms with E-state index in [-0.39, 0.29) is 6.10 Å². The van der Waals surface area contributed by atoms with Gasteiger partial charge in [-0.3, -0.25) is 0 Å². The lowest BCUT2D eigenvalue weighted by Gasteiger charge is -2.15.